The second-order valence-electron chi connectivity index (χ2n) is 5.34. The Morgan fingerprint density at radius 2 is 1.76 bits per heavy atom. The quantitative estimate of drug-likeness (QED) is 0.819. The number of rotatable bonds is 6. The van der Waals surface area contributed by atoms with Gasteiger partial charge in [0.05, 0.1) is 6.54 Å². The summed E-state index contributed by atoms with van der Waals surface area (Å²) in [6, 6.07) is 7.36. The predicted octanol–water partition coefficient (Wildman–Crippen LogP) is 2.48. The Hall–Kier alpha value is -2.04. The molecule has 5 heteroatoms. The molecule has 5 nitrogen and oxygen atoms in total. The van der Waals surface area contributed by atoms with Gasteiger partial charge in [-0.3, -0.25) is 9.69 Å². The molecule has 1 aromatic carbocycles. The molecule has 2 rings (SSSR count). The maximum absolute atomic E-state index is 12.4. The molecular formula is C16H22N2O3. The van der Waals surface area contributed by atoms with Crippen LogP contribution in [0.25, 0.3) is 0 Å². The zero-order chi connectivity index (χ0) is 15.5. The summed E-state index contributed by atoms with van der Waals surface area (Å²) >= 11 is 0. The highest BCUT2D eigenvalue weighted by Gasteiger charge is 2.48. The minimum Gasteiger partial charge on any atom is -0.492 e. The molecule has 1 aromatic rings. The van der Waals surface area contributed by atoms with E-state index >= 15 is 0 Å². The van der Waals surface area contributed by atoms with Gasteiger partial charge in [0.1, 0.15) is 17.9 Å². The van der Waals surface area contributed by atoms with Crippen LogP contribution in [-0.2, 0) is 4.79 Å². The number of hydrogen-bond donors (Lipinski definition) is 1. The molecule has 114 valence electrons. The maximum Gasteiger partial charge on any atom is 0.325 e. The van der Waals surface area contributed by atoms with Gasteiger partial charge in [-0.2, -0.15) is 0 Å². The lowest BCUT2D eigenvalue weighted by atomic mass is 9.93. The van der Waals surface area contributed by atoms with Gasteiger partial charge in [0.25, 0.3) is 5.91 Å². The summed E-state index contributed by atoms with van der Waals surface area (Å²) in [5, 5.41) is 2.80. The lowest BCUT2D eigenvalue weighted by molar-refractivity contribution is -0.131. The Morgan fingerprint density at radius 1 is 1.14 bits per heavy atom. The second-order valence-corrected chi connectivity index (χ2v) is 5.34. The van der Waals surface area contributed by atoms with Gasteiger partial charge in [-0.1, -0.05) is 31.5 Å². The normalized spacial score (nSPS) is 17.0. The number of aryl methyl sites for hydroxylation is 1. The summed E-state index contributed by atoms with van der Waals surface area (Å²) in [7, 11) is 0. The molecule has 1 aliphatic rings. The third-order valence-electron chi connectivity index (χ3n) is 4.06. The van der Waals surface area contributed by atoms with E-state index < -0.39 is 5.54 Å². The molecule has 0 unspecified atom stereocenters. The first-order valence-corrected chi connectivity index (χ1v) is 7.36. The third-order valence-corrected chi connectivity index (χ3v) is 4.06. The van der Waals surface area contributed by atoms with Crippen LogP contribution in [0.1, 0.15) is 32.3 Å². The zero-order valence-corrected chi connectivity index (χ0v) is 12.8. The van der Waals surface area contributed by atoms with Crippen LogP contribution in [0.15, 0.2) is 24.3 Å². The third kappa shape index (κ3) is 3.01. The number of imide groups is 1. The van der Waals surface area contributed by atoms with Gasteiger partial charge in [0.2, 0.25) is 0 Å². The van der Waals surface area contributed by atoms with E-state index in [0.717, 1.165) is 11.3 Å². The first-order valence-electron chi connectivity index (χ1n) is 7.36. The number of nitrogens with one attached hydrogen (secondary N) is 1. The molecule has 1 fully saturated rings. The summed E-state index contributed by atoms with van der Waals surface area (Å²) < 4.78 is 5.58. The average Bonchev–Trinajstić information content (AvgIpc) is 2.73. The minimum atomic E-state index is -0.735. The Bertz CT molecular complexity index is 521. The highest BCUT2D eigenvalue weighted by Crippen LogP contribution is 2.24. The van der Waals surface area contributed by atoms with E-state index in [1.807, 2.05) is 45.0 Å². The molecule has 1 heterocycles. The topological polar surface area (TPSA) is 58.6 Å². The Kier molecular flexibility index (Phi) is 4.50. The number of urea groups is 1. The van der Waals surface area contributed by atoms with Crippen LogP contribution in [0.2, 0.25) is 0 Å². The Morgan fingerprint density at radius 3 is 2.29 bits per heavy atom. The molecule has 3 amide bonds. The Labute approximate surface area is 125 Å². The van der Waals surface area contributed by atoms with Gasteiger partial charge >= 0.3 is 6.03 Å². The van der Waals surface area contributed by atoms with Crippen LogP contribution in [-0.4, -0.2) is 35.5 Å². The molecule has 1 N–H and O–H groups in total. The van der Waals surface area contributed by atoms with Crippen molar-refractivity contribution in [2.75, 3.05) is 13.2 Å². The van der Waals surface area contributed by atoms with Gasteiger partial charge in [-0.05, 0) is 31.9 Å². The molecular weight excluding hydrogens is 268 g/mol. The molecule has 0 aromatic heterocycles. The van der Waals surface area contributed by atoms with Gasteiger partial charge < -0.3 is 10.1 Å². The van der Waals surface area contributed by atoms with E-state index in [9.17, 15) is 9.59 Å². The summed E-state index contributed by atoms with van der Waals surface area (Å²) in [4.78, 5) is 25.6. The lowest BCUT2D eigenvalue weighted by Gasteiger charge is -2.23. The summed E-state index contributed by atoms with van der Waals surface area (Å²) in [6.45, 7) is 6.39. The van der Waals surface area contributed by atoms with Crippen molar-refractivity contribution in [1.29, 1.82) is 0 Å². The van der Waals surface area contributed by atoms with Crippen molar-refractivity contribution in [3.63, 3.8) is 0 Å². The van der Waals surface area contributed by atoms with E-state index in [2.05, 4.69) is 5.32 Å². The number of nitrogens with zero attached hydrogens (tertiary/aromatic N) is 1. The van der Waals surface area contributed by atoms with Gasteiger partial charge in [0, 0.05) is 0 Å². The van der Waals surface area contributed by atoms with Crippen LogP contribution in [0, 0.1) is 6.92 Å². The van der Waals surface area contributed by atoms with E-state index in [-0.39, 0.29) is 18.5 Å². The number of carbonyl (C=O) groups excluding carboxylic acids is 2. The van der Waals surface area contributed by atoms with Crippen LogP contribution >= 0.6 is 0 Å². The van der Waals surface area contributed by atoms with E-state index in [0.29, 0.717) is 19.4 Å². The number of hydrogen-bond acceptors (Lipinski definition) is 3. The summed E-state index contributed by atoms with van der Waals surface area (Å²) in [6.07, 6.45) is 1.20. The van der Waals surface area contributed by atoms with Gasteiger partial charge in [0.15, 0.2) is 0 Å². The lowest BCUT2D eigenvalue weighted by Crippen LogP contribution is -2.46. The molecule has 0 spiro atoms. The number of amides is 3. The van der Waals surface area contributed by atoms with Crippen molar-refractivity contribution in [2.24, 2.45) is 0 Å². The Balaban J connectivity index is 1.93. The zero-order valence-electron chi connectivity index (χ0n) is 12.8. The number of carbonyl (C=O) groups is 2. The maximum atomic E-state index is 12.4. The van der Waals surface area contributed by atoms with Crippen molar-refractivity contribution in [3.8, 4) is 5.75 Å². The molecule has 0 saturated carbocycles. The highest BCUT2D eigenvalue weighted by molar-refractivity contribution is 6.06. The van der Waals surface area contributed by atoms with Gasteiger partial charge in [-0.25, -0.2) is 4.79 Å². The monoisotopic (exact) mass is 290 g/mol. The fourth-order valence-electron chi connectivity index (χ4n) is 2.50. The molecule has 0 atom stereocenters. The van der Waals surface area contributed by atoms with Gasteiger partial charge in [-0.15, -0.1) is 0 Å². The van der Waals surface area contributed by atoms with Crippen LogP contribution < -0.4 is 10.1 Å². The molecule has 1 aliphatic heterocycles. The highest BCUT2D eigenvalue weighted by atomic mass is 16.5. The SMILES string of the molecule is CCC1(CC)NC(=O)N(CCOc2ccc(C)cc2)C1=O. The van der Waals surface area contributed by atoms with Crippen molar-refractivity contribution in [3.05, 3.63) is 29.8 Å². The van der Waals surface area contributed by atoms with Crippen molar-refractivity contribution < 1.29 is 14.3 Å². The predicted molar refractivity (Wildman–Crippen MR) is 80.2 cm³/mol. The minimum absolute atomic E-state index is 0.148. The fourth-order valence-corrected chi connectivity index (χ4v) is 2.50. The molecule has 0 aliphatic carbocycles. The largest absolute Gasteiger partial charge is 0.492 e. The molecule has 0 radical (unpaired) electrons. The summed E-state index contributed by atoms with van der Waals surface area (Å²) in [5.74, 6) is 0.593. The first kappa shape index (κ1) is 15.4. The van der Waals surface area contributed by atoms with E-state index in [1.165, 1.54) is 4.90 Å². The second kappa shape index (κ2) is 6.16. The molecule has 21 heavy (non-hydrogen) atoms. The first-order chi connectivity index (χ1) is 10.0. The van der Waals surface area contributed by atoms with Crippen LogP contribution in [0.5, 0.6) is 5.75 Å². The van der Waals surface area contributed by atoms with E-state index in [4.69, 9.17) is 4.74 Å². The van der Waals surface area contributed by atoms with Crippen molar-refractivity contribution in [2.45, 2.75) is 39.2 Å². The number of benzene rings is 1. The molecule has 0 bridgehead atoms. The summed E-state index contributed by atoms with van der Waals surface area (Å²) in [5.41, 5.74) is 0.424. The van der Waals surface area contributed by atoms with Crippen LogP contribution in [0.4, 0.5) is 4.79 Å². The van der Waals surface area contributed by atoms with Crippen LogP contribution in [0.3, 0.4) is 0 Å². The standard InChI is InChI=1S/C16H22N2O3/c1-4-16(5-2)14(19)18(15(20)17-16)10-11-21-13-8-6-12(3)7-9-13/h6-9H,4-5,10-11H2,1-3H3,(H,17,20). The fraction of sp³-hybridized carbons (Fsp3) is 0.500. The van der Waals surface area contributed by atoms with E-state index in [1.54, 1.807) is 0 Å². The molecule has 1 saturated heterocycles. The average molecular weight is 290 g/mol. The smallest absolute Gasteiger partial charge is 0.325 e. The van der Waals surface area contributed by atoms with Crippen molar-refractivity contribution >= 4 is 11.9 Å². The number of ether oxygens (including phenoxy) is 1. The van der Waals surface area contributed by atoms with Crippen molar-refractivity contribution in [1.82, 2.24) is 10.2 Å².